The second-order valence-electron chi connectivity index (χ2n) is 4.76. The molecule has 0 aliphatic carbocycles. The van der Waals surface area contributed by atoms with Crippen LogP contribution in [0.5, 0.6) is 0 Å². The molecule has 1 fully saturated rings. The average molecular weight is 228 g/mol. The lowest BCUT2D eigenvalue weighted by molar-refractivity contribution is 0.0374. The van der Waals surface area contributed by atoms with Crippen molar-refractivity contribution in [3.63, 3.8) is 0 Å². The molecule has 0 spiro atoms. The number of nitrogens with zero attached hydrogens (tertiary/aromatic N) is 1. The van der Waals surface area contributed by atoms with Crippen molar-refractivity contribution in [2.24, 2.45) is 4.99 Å². The Hall–Kier alpha value is -0.220. The fraction of sp³-hybridized carbons (Fsp3) is 0.909. The van der Waals surface area contributed by atoms with Crippen molar-refractivity contribution >= 4 is 16.9 Å². The highest BCUT2D eigenvalue weighted by molar-refractivity contribution is 8.13. The Balaban J connectivity index is 1.94. The average Bonchev–Trinajstić information content (AvgIpc) is 2.18. The summed E-state index contributed by atoms with van der Waals surface area (Å²) in [6, 6.07) is 0.474. The number of hydrogen-bond donors (Lipinski definition) is 1. The van der Waals surface area contributed by atoms with Gasteiger partial charge in [0.2, 0.25) is 0 Å². The molecule has 2 heterocycles. The van der Waals surface area contributed by atoms with Crippen molar-refractivity contribution in [1.29, 1.82) is 0 Å². The van der Waals surface area contributed by atoms with Crippen molar-refractivity contribution in [3.8, 4) is 0 Å². The van der Waals surface area contributed by atoms with Gasteiger partial charge in [-0.1, -0.05) is 11.8 Å². The Kier molecular flexibility index (Phi) is 3.57. The number of hydrogen-bond acceptors (Lipinski definition) is 4. The van der Waals surface area contributed by atoms with Crippen molar-refractivity contribution in [2.75, 3.05) is 19.0 Å². The highest BCUT2D eigenvalue weighted by Crippen LogP contribution is 2.22. The molecule has 1 saturated heterocycles. The fourth-order valence-corrected chi connectivity index (χ4v) is 3.21. The van der Waals surface area contributed by atoms with E-state index in [9.17, 15) is 0 Å². The Morgan fingerprint density at radius 2 is 2.47 bits per heavy atom. The number of aliphatic imine (C=N–C) groups is 1. The normalized spacial score (nSPS) is 37.2. The summed E-state index contributed by atoms with van der Waals surface area (Å²) in [4.78, 5) is 4.63. The van der Waals surface area contributed by atoms with E-state index in [1.165, 1.54) is 18.6 Å². The lowest BCUT2D eigenvalue weighted by atomic mass is 9.95. The number of rotatable bonds is 1. The Morgan fingerprint density at radius 1 is 1.60 bits per heavy atom. The van der Waals surface area contributed by atoms with Crippen LogP contribution in [0.2, 0.25) is 0 Å². The quantitative estimate of drug-likeness (QED) is 0.745. The molecule has 2 aliphatic heterocycles. The zero-order valence-electron chi connectivity index (χ0n) is 9.58. The Labute approximate surface area is 96.1 Å². The minimum atomic E-state index is 0.0984. The molecule has 3 nitrogen and oxygen atoms in total. The van der Waals surface area contributed by atoms with Crippen LogP contribution in [0.3, 0.4) is 0 Å². The predicted octanol–water partition coefficient (Wildman–Crippen LogP) is 2.03. The second kappa shape index (κ2) is 4.74. The highest BCUT2D eigenvalue weighted by Gasteiger charge is 2.29. The first-order valence-corrected chi connectivity index (χ1v) is 6.73. The fourth-order valence-electron chi connectivity index (χ4n) is 1.99. The van der Waals surface area contributed by atoms with Gasteiger partial charge in [-0.3, -0.25) is 4.99 Å². The summed E-state index contributed by atoms with van der Waals surface area (Å²) in [6.07, 6.45) is 3.53. The van der Waals surface area contributed by atoms with Gasteiger partial charge in [-0.05, 0) is 33.1 Å². The molecular formula is C11H20N2OS. The standard InChI is InChI=1S/C11H20N2OS/c1-9-4-7-15-10(12-9)13-11(2)5-3-6-14-8-11/h9H,3-8H2,1-2H3,(H,12,13). The third-order valence-electron chi connectivity index (χ3n) is 2.96. The van der Waals surface area contributed by atoms with Gasteiger partial charge >= 0.3 is 0 Å². The second-order valence-corrected chi connectivity index (χ2v) is 5.85. The lowest BCUT2D eigenvalue weighted by Crippen LogP contribution is -2.51. The number of amidine groups is 1. The van der Waals surface area contributed by atoms with Crippen LogP contribution in [0.25, 0.3) is 0 Å². The summed E-state index contributed by atoms with van der Waals surface area (Å²) in [5.74, 6) is 1.18. The predicted molar refractivity (Wildman–Crippen MR) is 65.6 cm³/mol. The zero-order chi connectivity index (χ0) is 10.7. The molecule has 2 unspecified atom stereocenters. The Bertz CT molecular complexity index is 249. The maximum Gasteiger partial charge on any atom is 0.157 e. The largest absolute Gasteiger partial charge is 0.379 e. The third-order valence-corrected chi connectivity index (χ3v) is 3.88. The molecule has 0 amide bonds. The van der Waals surface area contributed by atoms with Crippen molar-refractivity contribution in [2.45, 2.75) is 44.7 Å². The molecule has 2 aliphatic rings. The monoisotopic (exact) mass is 228 g/mol. The molecular weight excluding hydrogens is 208 g/mol. The van der Waals surface area contributed by atoms with Crippen LogP contribution < -0.4 is 5.32 Å². The Morgan fingerprint density at radius 3 is 3.13 bits per heavy atom. The van der Waals surface area contributed by atoms with Gasteiger partial charge in [0.05, 0.1) is 18.2 Å². The summed E-state index contributed by atoms with van der Waals surface area (Å²) < 4.78 is 5.53. The van der Waals surface area contributed by atoms with Crippen LogP contribution in [-0.4, -0.2) is 35.7 Å². The van der Waals surface area contributed by atoms with Gasteiger partial charge < -0.3 is 10.1 Å². The van der Waals surface area contributed by atoms with Crippen molar-refractivity contribution in [3.05, 3.63) is 0 Å². The molecule has 4 heteroatoms. The van der Waals surface area contributed by atoms with E-state index < -0.39 is 0 Å². The van der Waals surface area contributed by atoms with Crippen LogP contribution in [0.4, 0.5) is 0 Å². The van der Waals surface area contributed by atoms with Crippen LogP contribution >= 0.6 is 11.8 Å². The van der Waals surface area contributed by atoms with Crippen LogP contribution in [0.1, 0.15) is 33.1 Å². The summed E-state index contributed by atoms with van der Waals surface area (Å²) in [7, 11) is 0. The van der Waals surface area contributed by atoms with E-state index in [4.69, 9.17) is 4.74 Å². The maximum atomic E-state index is 5.53. The van der Waals surface area contributed by atoms with E-state index in [2.05, 4.69) is 24.2 Å². The zero-order valence-corrected chi connectivity index (χ0v) is 10.4. The molecule has 15 heavy (non-hydrogen) atoms. The number of nitrogens with one attached hydrogen (secondary N) is 1. The first-order valence-electron chi connectivity index (χ1n) is 5.74. The van der Waals surface area contributed by atoms with Gasteiger partial charge in [-0.2, -0.15) is 0 Å². The summed E-state index contributed by atoms with van der Waals surface area (Å²) >= 11 is 1.84. The lowest BCUT2D eigenvalue weighted by Gasteiger charge is -2.36. The van der Waals surface area contributed by atoms with Crippen LogP contribution in [0.15, 0.2) is 4.99 Å². The number of thioether (sulfide) groups is 1. The number of ether oxygens (including phenoxy) is 1. The summed E-state index contributed by atoms with van der Waals surface area (Å²) in [5.41, 5.74) is 0.0984. The van der Waals surface area contributed by atoms with Gasteiger partial charge in [0.25, 0.3) is 0 Å². The van der Waals surface area contributed by atoms with E-state index >= 15 is 0 Å². The molecule has 0 aromatic carbocycles. The first-order chi connectivity index (χ1) is 7.18. The molecule has 1 N–H and O–H groups in total. The minimum Gasteiger partial charge on any atom is -0.379 e. The minimum absolute atomic E-state index is 0.0984. The first kappa shape index (κ1) is 11.3. The topological polar surface area (TPSA) is 33.6 Å². The van der Waals surface area contributed by atoms with Crippen molar-refractivity contribution < 1.29 is 4.74 Å². The van der Waals surface area contributed by atoms with Gasteiger partial charge in [0.15, 0.2) is 5.17 Å². The van der Waals surface area contributed by atoms with Gasteiger partial charge in [-0.25, -0.2) is 0 Å². The highest BCUT2D eigenvalue weighted by atomic mass is 32.2. The molecule has 0 radical (unpaired) electrons. The molecule has 86 valence electrons. The van der Waals surface area contributed by atoms with Gasteiger partial charge in [-0.15, -0.1) is 0 Å². The molecule has 0 aromatic rings. The van der Waals surface area contributed by atoms with Gasteiger partial charge in [0.1, 0.15) is 0 Å². The maximum absolute atomic E-state index is 5.53. The smallest absolute Gasteiger partial charge is 0.157 e. The van der Waals surface area contributed by atoms with E-state index in [0.717, 1.165) is 24.8 Å². The van der Waals surface area contributed by atoms with Crippen LogP contribution in [0, 0.1) is 0 Å². The van der Waals surface area contributed by atoms with E-state index in [-0.39, 0.29) is 5.54 Å². The molecule has 2 atom stereocenters. The third kappa shape index (κ3) is 3.11. The molecule has 0 bridgehead atoms. The van der Waals surface area contributed by atoms with E-state index in [1.807, 2.05) is 11.8 Å². The van der Waals surface area contributed by atoms with Crippen LogP contribution in [-0.2, 0) is 4.74 Å². The van der Waals surface area contributed by atoms with E-state index in [1.54, 1.807) is 0 Å². The molecule has 2 rings (SSSR count). The SMILES string of the molecule is CC1CCSC(NC2(C)CCCOC2)=N1. The van der Waals surface area contributed by atoms with E-state index in [0.29, 0.717) is 6.04 Å². The molecule has 0 saturated carbocycles. The summed E-state index contributed by atoms with van der Waals surface area (Å²) in [5, 5.41) is 4.67. The summed E-state index contributed by atoms with van der Waals surface area (Å²) in [6.45, 7) is 6.13. The van der Waals surface area contributed by atoms with Crippen molar-refractivity contribution in [1.82, 2.24) is 5.32 Å². The molecule has 0 aromatic heterocycles. The van der Waals surface area contributed by atoms with Gasteiger partial charge in [0, 0.05) is 12.4 Å².